The lowest BCUT2D eigenvalue weighted by Crippen LogP contribution is -2.47. The molecule has 0 radical (unpaired) electrons. The van der Waals surface area contributed by atoms with E-state index in [9.17, 15) is 14.0 Å². The number of carbonyl (C=O) groups excluding carboxylic acids is 2. The summed E-state index contributed by atoms with van der Waals surface area (Å²) in [6.45, 7) is 7.54. The van der Waals surface area contributed by atoms with Crippen LogP contribution in [-0.2, 0) is 11.3 Å². The number of nitrogens with zero attached hydrogens (tertiary/aromatic N) is 3. The number of carbonyl (C=O) groups is 2. The maximum Gasteiger partial charge on any atom is 0.256 e. The molecule has 1 aromatic carbocycles. The Labute approximate surface area is 226 Å². The summed E-state index contributed by atoms with van der Waals surface area (Å²) in [7, 11) is 0. The standard InChI is InChI=1S/C30H42FN5O2/c1-21(2)18-35(19-22-8-10-26(31)11-9-22)27-14-28(36(20-27)30(38)25-7-4-12-33-17-25)29(37)34-16-24-6-3-5-23(13-24)15-32/h4,7-12,17,21,23-24,27-28H,3,5-6,13-16,18-20,32H2,1-2H3,(H,34,37). The number of halogens is 1. The van der Waals surface area contributed by atoms with E-state index in [4.69, 9.17) is 5.73 Å². The van der Waals surface area contributed by atoms with Gasteiger partial charge in [0.25, 0.3) is 5.91 Å². The van der Waals surface area contributed by atoms with Crippen LogP contribution in [0.4, 0.5) is 4.39 Å². The van der Waals surface area contributed by atoms with Crippen molar-refractivity contribution in [3.63, 3.8) is 0 Å². The first kappa shape index (κ1) is 28.2. The summed E-state index contributed by atoms with van der Waals surface area (Å²) in [5.74, 6) is 0.829. The number of nitrogens with two attached hydrogens (primary N) is 1. The lowest BCUT2D eigenvalue weighted by atomic mass is 9.81. The van der Waals surface area contributed by atoms with E-state index in [-0.39, 0.29) is 23.7 Å². The number of pyridine rings is 1. The first-order valence-electron chi connectivity index (χ1n) is 14.0. The van der Waals surface area contributed by atoms with E-state index in [0.29, 0.717) is 55.9 Å². The van der Waals surface area contributed by atoms with Gasteiger partial charge in [0.05, 0.1) is 5.56 Å². The zero-order valence-corrected chi connectivity index (χ0v) is 22.7. The van der Waals surface area contributed by atoms with Crippen molar-refractivity contribution in [1.29, 1.82) is 0 Å². The third kappa shape index (κ3) is 7.38. The third-order valence-corrected chi connectivity index (χ3v) is 7.96. The number of benzene rings is 1. The van der Waals surface area contributed by atoms with Crippen LogP contribution in [0.5, 0.6) is 0 Å². The monoisotopic (exact) mass is 523 g/mol. The number of amides is 2. The Bertz CT molecular complexity index is 1050. The fraction of sp³-hybridized carbons (Fsp3) is 0.567. The highest BCUT2D eigenvalue weighted by Crippen LogP contribution is 2.29. The fourth-order valence-electron chi connectivity index (χ4n) is 6.01. The molecule has 4 unspecified atom stereocenters. The van der Waals surface area contributed by atoms with E-state index in [1.807, 2.05) is 0 Å². The summed E-state index contributed by atoms with van der Waals surface area (Å²) in [4.78, 5) is 35.3. The van der Waals surface area contributed by atoms with Crippen LogP contribution in [0.1, 0.15) is 61.9 Å². The highest BCUT2D eigenvalue weighted by Gasteiger charge is 2.42. The van der Waals surface area contributed by atoms with Crippen molar-refractivity contribution in [3.05, 3.63) is 65.7 Å². The quantitative estimate of drug-likeness (QED) is 0.494. The summed E-state index contributed by atoms with van der Waals surface area (Å²) in [5, 5.41) is 3.18. The lowest BCUT2D eigenvalue weighted by Gasteiger charge is -2.30. The second kappa shape index (κ2) is 13.3. The van der Waals surface area contributed by atoms with Gasteiger partial charge in [-0.2, -0.15) is 0 Å². The van der Waals surface area contributed by atoms with Gasteiger partial charge in [0.15, 0.2) is 0 Å². The Kier molecular flexibility index (Phi) is 9.86. The maximum atomic E-state index is 13.6. The van der Waals surface area contributed by atoms with Gasteiger partial charge in [-0.1, -0.05) is 32.4 Å². The van der Waals surface area contributed by atoms with E-state index in [2.05, 4.69) is 29.0 Å². The van der Waals surface area contributed by atoms with E-state index in [1.54, 1.807) is 41.6 Å². The molecule has 1 aromatic heterocycles. The number of hydrogen-bond acceptors (Lipinski definition) is 5. The minimum Gasteiger partial charge on any atom is -0.354 e. The van der Waals surface area contributed by atoms with Crippen LogP contribution < -0.4 is 11.1 Å². The van der Waals surface area contributed by atoms with Crippen LogP contribution in [0, 0.1) is 23.6 Å². The molecule has 2 aliphatic rings. The first-order chi connectivity index (χ1) is 18.3. The molecular formula is C30H42FN5O2. The van der Waals surface area contributed by atoms with Crippen LogP contribution >= 0.6 is 0 Å². The van der Waals surface area contributed by atoms with Gasteiger partial charge in [0.2, 0.25) is 5.91 Å². The second-order valence-electron chi connectivity index (χ2n) is 11.4. The van der Waals surface area contributed by atoms with Crippen molar-refractivity contribution in [2.24, 2.45) is 23.5 Å². The van der Waals surface area contributed by atoms with Crippen LogP contribution in [0.2, 0.25) is 0 Å². The van der Waals surface area contributed by atoms with Gasteiger partial charge in [-0.25, -0.2) is 4.39 Å². The van der Waals surface area contributed by atoms with E-state index < -0.39 is 6.04 Å². The lowest BCUT2D eigenvalue weighted by molar-refractivity contribution is -0.125. The predicted molar refractivity (Wildman–Crippen MR) is 147 cm³/mol. The Morgan fingerprint density at radius 1 is 1.16 bits per heavy atom. The summed E-state index contributed by atoms with van der Waals surface area (Å²) in [6.07, 6.45) is 8.21. The number of rotatable bonds is 10. The van der Waals surface area contributed by atoms with E-state index >= 15 is 0 Å². The molecule has 8 heteroatoms. The minimum atomic E-state index is -0.551. The zero-order valence-electron chi connectivity index (χ0n) is 22.7. The van der Waals surface area contributed by atoms with Gasteiger partial charge in [-0.05, 0) is 79.8 Å². The third-order valence-electron chi connectivity index (χ3n) is 7.96. The topological polar surface area (TPSA) is 91.6 Å². The number of likely N-dealkylation sites (tertiary alicyclic amines) is 1. The first-order valence-corrected chi connectivity index (χ1v) is 14.0. The molecule has 206 valence electrons. The Morgan fingerprint density at radius 2 is 1.92 bits per heavy atom. The molecule has 1 aliphatic carbocycles. The van der Waals surface area contributed by atoms with Gasteiger partial charge >= 0.3 is 0 Å². The largest absolute Gasteiger partial charge is 0.354 e. The van der Waals surface area contributed by atoms with Crippen LogP contribution in [0.3, 0.4) is 0 Å². The Balaban J connectivity index is 1.51. The van der Waals surface area contributed by atoms with Gasteiger partial charge in [-0.3, -0.25) is 19.5 Å². The maximum absolute atomic E-state index is 13.6. The average Bonchev–Trinajstić information content (AvgIpc) is 3.38. The molecule has 0 spiro atoms. The van der Waals surface area contributed by atoms with Crippen molar-refractivity contribution in [3.8, 4) is 0 Å². The average molecular weight is 524 g/mol. The molecule has 2 aromatic rings. The molecule has 2 heterocycles. The molecule has 4 atom stereocenters. The van der Waals surface area contributed by atoms with Crippen molar-refractivity contribution in [1.82, 2.24) is 20.1 Å². The molecule has 7 nitrogen and oxygen atoms in total. The molecule has 2 fully saturated rings. The van der Waals surface area contributed by atoms with Crippen LogP contribution in [0.25, 0.3) is 0 Å². The molecule has 1 saturated heterocycles. The fourth-order valence-corrected chi connectivity index (χ4v) is 6.01. The normalized spacial score (nSPS) is 23.7. The van der Waals surface area contributed by atoms with Crippen molar-refractivity contribution < 1.29 is 14.0 Å². The molecular weight excluding hydrogens is 481 g/mol. The van der Waals surface area contributed by atoms with E-state index in [0.717, 1.165) is 31.4 Å². The van der Waals surface area contributed by atoms with Gasteiger partial charge < -0.3 is 16.0 Å². The summed E-state index contributed by atoms with van der Waals surface area (Å²) < 4.78 is 13.5. The molecule has 2 amide bonds. The zero-order chi connectivity index (χ0) is 27.1. The van der Waals surface area contributed by atoms with Crippen molar-refractivity contribution in [2.75, 3.05) is 26.2 Å². The van der Waals surface area contributed by atoms with Crippen LogP contribution in [-0.4, -0.2) is 64.9 Å². The number of aromatic nitrogens is 1. The van der Waals surface area contributed by atoms with Gasteiger partial charge in [-0.15, -0.1) is 0 Å². The van der Waals surface area contributed by atoms with Crippen molar-refractivity contribution >= 4 is 11.8 Å². The molecule has 4 rings (SSSR count). The van der Waals surface area contributed by atoms with E-state index in [1.165, 1.54) is 18.6 Å². The number of nitrogens with one attached hydrogen (secondary N) is 1. The summed E-state index contributed by atoms with van der Waals surface area (Å²) in [5.41, 5.74) is 7.40. The smallest absolute Gasteiger partial charge is 0.256 e. The van der Waals surface area contributed by atoms with Gasteiger partial charge in [0.1, 0.15) is 11.9 Å². The molecule has 0 bridgehead atoms. The second-order valence-corrected chi connectivity index (χ2v) is 11.4. The van der Waals surface area contributed by atoms with Crippen LogP contribution in [0.15, 0.2) is 48.8 Å². The molecule has 3 N–H and O–H groups in total. The highest BCUT2D eigenvalue weighted by molar-refractivity contribution is 5.97. The molecule has 1 saturated carbocycles. The Hall–Kier alpha value is -2.84. The SMILES string of the molecule is CC(C)CN(Cc1ccc(F)cc1)C1CC(C(=O)NCC2CCCC(CN)C2)N(C(=O)c2cccnc2)C1. The van der Waals surface area contributed by atoms with Crippen molar-refractivity contribution in [2.45, 2.75) is 64.6 Å². The summed E-state index contributed by atoms with van der Waals surface area (Å²) >= 11 is 0. The summed E-state index contributed by atoms with van der Waals surface area (Å²) in [6, 6.07) is 9.51. The molecule has 1 aliphatic heterocycles. The van der Waals surface area contributed by atoms with Gasteiger partial charge in [0, 0.05) is 44.6 Å². The minimum absolute atomic E-state index is 0.00938. The molecule has 38 heavy (non-hydrogen) atoms. The predicted octanol–water partition coefficient (Wildman–Crippen LogP) is 3.84. The number of hydrogen-bond donors (Lipinski definition) is 2. The highest BCUT2D eigenvalue weighted by atomic mass is 19.1. The Morgan fingerprint density at radius 3 is 2.61 bits per heavy atom.